The molecule has 0 aliphatic rings. The highest BCUT2D eigenvalue weighted by atomic mass is 16.5. The molecule has 0 saturated carbocycles. The molecule has 14 heavy (non-hydrogen) atoms. The molecule has 1 aromatic rings. The summed E-state index contributed by atoms with van der Waals surface area (Å²) in [7, 11) is 0. The standard InChI is InChI=1S/C9H15N3O2/c1-5-10-6(13)7-11-8(12-14-7)9(2,3)4/h5H2,1-4H3,(H,10,13). The fourth-order valence-electron chi connectivity index (χ4n) is 0.857. The summed E-state index contributed by atoms with van der Waals surface area (Å²) in [6.07, 6.45) is 0. The molecule has 0 saturated heterocycles. The van der Waals surface area contributed by atoms with Gasteiger partial charge in [0, 0.05) is 12.0 Å². The van der Waals surface area contributed by atoms with E-state index in [1.807, 2.05) is 27.7 Å². The number of hydrogen-bond donors (Lipinski definition) is 1. The van der Waals surface area contributed by atoms with Crippen molar-refractivity contribution in [2.45, 2.75) is 33.1 Å². The van der Waals surface area contributed by atoms with Gasteiger partial charge < -0.3 is 9.84 Å². The van der Waals surface area contributed by atoms with Gasteiger partial charge in [0.2, 0.25) is 0 Å². The lowest BCUT2D eigenvalue weighted by Gasteiger charge is -2.10. The fourth-order valence-corrected chi connectivity index (χ4v) is 0.857. The van der Waals surface area contributed by atoms with Gasteiger partial charge >= 0.3 is 11.8 Å². The molecule has 0 radical (unpaired) electrons. The predicted octanol–water partition coefficient (Wildman–Crippen LogP) is 1.12. The Kier molecular flexibility index (Phi) is 2.88. The SMILES string of the molecule is CCNC(=O)c1nc(C(C)(C)C)no1. The molecule has 1 rings (SSSR count). The van der Waals surface area contributed by atoms with Crippen molar-refractivity contribution in [2.24, 2.45) is 0 Å². The van der Waals surface area contributed by atoms with Crippen molar-refractivity contribution < 1.29 is 9.32 Å². The van der Waals surface area contributed by atoms with Gasteiger partial charge in [-0.05, 0) is 6.92 Å². The minimum Gasteiger partial charge on any atom is -0.348 e. The molecule has 0 fully saturated rings. The third-order valence-corrected chi connectivity index (χ3v) is 1.63. The fraction of sp³-hybridized carbons (Fsp3) is 0.667. The summed E-state index contributed by atoms with van der Waals surface area (Å²) in [4.78, 5) is 15.3. The first-order chi connectivity index (χ1) is 6.45. The average molecular weight is 197 g/mol. The van der Waals surface area contributed by atoms with E-state index in [-0.39, 0.29) is 17.2 Å². The topological polar surface area (TPSA) is 68.0 Å². The normalized spacial score (nSPS) is 11.4. The molecule has 0 aliphatic heterocycles. The molecular formula is C9H15N3O2. The van der Waals surface area contributed by atoms with Crippen LogP contribution < -0.4 is 5.32 Å². The first-order valence-electron chi connectivity index (χ1n) is 4.57. The van der Waals surface area contributed by atoms with Crippen molar-refractivity contribution >= 4 is 5.91 Å². The quantitative estimate of drug-likeness (QED) is 0.771. The number of nitrogens with zero attached hydrogens (tertiary/aromatic N) is 2. The van der Waals surface area contributed by atoms with E-state index in [2.05, 4.69) is 15.5 Å². The molecular weight excluding hydrogens is 182 g/mol. The van der Waals surface area contributed by atoms with Crippen LogP contribution in [0.4, 0.5) is 0 Å². The van der Waals surface area contributed by atoms with E-state index in [0.717, 1.165) is 0 Å². The Morgan fingerprint density at radius 3 is 2.57 bits per heavy atom. The van der Waals surface area contributed by atoms with E-state index in [4.69, 9.17) is 4.52 Å². The molecule has 0 bridgehead atoms. The average Bonchev–Trinajstić information content (AvgIpc) is 2.51. The molecule has 5 heteroatoms. The predicted molar refractivity (Wildman–Crippen MR) is 51.0 cm³/mol. The molecule has 1 aromatic heterocycles. The summed E-state index contributed by atoms with van der Waals surface area (Å²) in [5.74, 6) is 0.242. The highest BCUT2D eigenvalue weighted by molar-refractivity contribution is 5.89. The van der Waals surface area contributed by atoms with Crippen molar-refractivity contribution in [3.05, 3.63) is 11.7 Å². The van der Waals surface area contributed by atoms with Crippen molar-refractivity contribution in [1.29, 1.82) is 0 Å². The van der Waals surface area contributed by atoms with Gasteiger partial charge in [0.15, 0.2) is 5.82 Å². The minimum atomic E-state index is -0.324. The molecule has 0 aliphatic carbocycles. The van der Waals surface area contributed by atoms with Crippen LogP contribution >= 0.6 is 0 Å². The summed E-state index contributed by atoms with van der Waals surface area (Å²) in [6, 6.07) is 0. The van der Waals surface area contributed by atoms with Gasteiger partial charge in [-0.2, -0.15) is 4.98 Å². The zero-order chi connectivity index (χ0) is 10.8. The number of rotatable bonds is 2. The Morgan fingerprint density at radius 1 is 1.50 bits per heavy atom. The Balaban J connectivity index is 2.83. The van der Waals surface area contributed by atoms with Gasteiger partial charge in [-0.15, -0.1) is 0 Å². The third-order valence-electron chi connectivity index (χ3n) is 1.63. The van der Waals surface area contributed by atoms with Crippen molar-refractivity contribution in [3.8, 4) is 0 Å². The lowest BCUT2D eigenvalue weighted by molar-refractivity contribution is 0.0912. The highest BCUT2D eigenvalue weighted by Crippen LogP contribution is 2.18. The zero-order valence-corrected chi connectivity index (χ0v) is 8.92. The highest BCUT2D eigenvalue weighted by Gasteiger charge is 2.23. The Morgan fingerprint density at radius 2 is 2.14 bits per heavy atom. The number of carbonyl (C=O) groups is 1. The van der Waals surface area contributed by atoms with E-state index in [1.54, 1.807) is 0 Å². The number of carbonyl (C=O) groups excluding carboxylic acids is 1. The van der Waals surface area contributed by atoms with Gasteiger partial charge in [0.1, 0.15) is 0 Å². The van der Waals surface area contributed by atoms with E-state index in [9.17, 15) is 4.79 Å². The number of amides is 1. The third kappa shape index (κ3) is 2.31. The zero-order valence-electron chi connectivity index (χ0n) is 8.92. The number of aromatic nitrogens is 2. The van der Waals surface area contributed by atoms with Crippen LogP contribution in [0.15, 0.2) is 4.52 Å². The Bertz CT molecular complexity index is 325. The van der Waals surface area contributed by atoms with Crippen molar-refractivity contribution in [1.82, 2.24) is 15.5 Å². The van der Waals surface area contributed by atoms with Gasteiger partial charge in [0.05, 0.1) is 0 Å². The van der Waals surface area contributed by atoms with Crippen molar-refractivity contribution in [2.75, 3.05) is 6.54 Å². The smallest absolute Gasteiger partial charge is 0.315 e. The second kappa shape index (κ2) is 3.77. The maximum absolute atomic E-state index is 11.3. The van der Waals surface area contributed by atoms with Crippen LogP contribution in [0.1, 0.15) is 44.2 Å². The van der Waals surface area contributed by atoms with E-state index in [1.165, 1.54) is 0 Å². The molecule has 0 aromatic carbocycles. The Labute approximate surface area is 82.9 Å². The molecule has 0 unspecified atom stereocenters. The summed E-state index contributed by atoms with van der Waals surface area (Å²) in [6.45, 7) is 8.25. The molecule has 1 amide bonds. The second-order valence-corrected chi connectivity index (χ2v) is 4.03. The molecule has 0 atom stereocenters. The van der Waals surface area contributed by atoms with Crippen LogP contribution in [-0.2, 0) is 5.41 Å². The van der Waals surface area contributed by atoms with E-state index < -0.39 is 0 Å². The van der Waals surface area contributed by atoms with Crippen molar-refractivity contribution in [3.63, 3.8) is 0 Å². The lowest BCUT2D eigenvalue weighted by Crippen LogP contribution is -2.23. The van der Waals surface area contributed by atoms with E-state index >= 15 is 0 Å². The molecule has 0 spiro atoms. The first-order valence-corrected chi connectivity index (χ1v) is 4.57. The van der Waals surface area contributed by atoms with Crippen LogP contribution in [0.2, 0.25) is 0 Å². The monoisotopic (exact) mass is 197 g/mol. The molecule has 5 nitrogen and oxygen atoms in total. The Hall–Kier alpha value is -1.39. The molecule has 1 heterocycles. The van der Waals surface area contributed by atoms with Crippen LogP contribution in [0.5, 0.6) is 0 Å². The second-order valence-electron chi connectivity index (χ2n) is 4.03. The first kappa shape index (κ1) is 10.7. The summed E-state index contributed by atoms with van der Waals surface area (Å²) in [5.41, 5.74) is -0.200. The van der Waals surface area contributed by atoms with Crippen LogP contribution in [-0.4, -0.2) is 22.6 Å². The van der Waals surface area contributed by atoms with Gasteiger partial charge in [-0.25, -0.2) is 0 Å². The van der Waals surface area contributed by atoms with Gasteiger partial charge in [0.25, 0.3) is 0 Å². The maximum atomic E-state index is 11.3. The minimum absolute atomic E-state index is 0.0248. The van der Waals surface area contributed by atoms with Crippen LogP contribution in [0.25, 0.3) is 0 Å². The largest absolute Gasteiger partial charge is 0.348 e. The maximum Gasteiger partial charge on any atom is 0.315 e. The van der Waals surface area contributed by atoms with Gasteiger partial charge in [-0.3, -0.25) is 4.79 Å². The number of hydrogen-bond acceptors (Lipinski definition) is 4. The van der Waals surface area contributed by atoms with Gasteiger partial charge in [-0.1, -0.05) is 25.9 Å². The van der Waals surface area contributed by atoms with Crippen LogP contribution in [0.3, 0.4) is 0 Å². The van der Waals surface area contributed by atoms with E-state index in [0.29, 0.717) is 12.4 Å². The summed E-state index contributed by atoms with van der Waals surface area (Å²) < 4.78 is 4.83. The number of nitrogens with one attached hydrogen (secondary N) is 1. The molecule has 1 N–H and O–H groups in total. The van der Waals surface area contributed by atoms with Crippen LogP contribution in [0, 0.1) is 0 Å². The molecule has 78 valence electrons. The summed E-state index contributed by atoms with van der Waals surface area (Å²) in [5, 5.41) is 6.34. The lowest BCUT2D eigenvalue weighted by atomic mass is 9.96. The summed E-state index contributed by atoms with van der Waals surface area (Å²) >= 11 is 0.